The molecule has 0 bridgehead atoms. The third kappa shape index (κ3) is 10.1. The van der Waals surface area contributed by atoms with Crippen LogP contribution in [0.5, 0.6) is 5.75 Å². The van der Waals surface area contributed by atoms with Crippen molar-refractivity contribution >= 4 is 21.0 Å². The van der Waals surface area contributed by atoms with Crippen LogP contribution in [0.2, 0.25) is 0 Å². The number of hydrogen-bond acceptors (Lipinski definition) is 5. The summed E-state index contributed by atoms with van der Waals surface area (Å²) in [5.74, 6) is 0.634. The van der Waals surface area contributed by atoms with Gasteiger partial charge in [-0.3, -0.25) is 4.55 Å². The van der Waals surface area contributed by atoms with Crippen molar-refractivity contribution in [3.8, 4) is 5.75 Å². The molecule has 0 radical (unpaired) electrons. The minimum absolute atomic E-state index is 0.0676. The first-order valence-corrected chi connectivity index (χ1v) is 20.4. The van der Waals surface area contributed by atoms with Crippen LogP contribution >= 0.6 is 0 Å². The molecule has 3 aromatic rings. The van der Waals surface area contributed by atoms with Crippen LogP contribution in [0.15, 0.2) is 93.5 Å². The van der Waals surface area contributed by atoms with Crippen molar-refractivity contribution in [3.63, 3.8) is 0 Å². The van der Waals surface area contributed by atoms with Crippen LogP contribution in [0, 0.1) is 11.8 Å². The van der Waals surface area contributed by atoms with E-state index in [2.05, 4.69) is 36.4 Å². The lowest BCUT2D eigenvalue weighted by Crippen LogP contribution is -2.42. The maximum absolute atomic E-state index is 14.1. The van der Waals surface area contributed by atoms with E-state index in [-0.39, 0.29) is 5.75 Å². The van der Waals surface area contributed by atoms with Gasteiger partial charge in [0.15, 0.2) is 26.6 Å². The zero-order valence-electron chi connectivity index (χ0n) is 28.7. The van der Waals surface area contributed by atoms with Crippen molar-refractivity contribution in [1.29, 1.82) is 0 Å². The van der Waals surface area contributed by atoms with Crippen molar-refractivity contribution < 1.29 is 36.0 Å². The topological polar surface area (TPSA) is 82.1 Å². The standard InChI is InChI=1S/C39H50F2O6S2/c1-30(39(40,41)49(42,43)44)47-34-20-24-37(25-21-34)48(35-16-10-5-11-17-35)36-22-18-33(19-23-36)38(2,45-28-26-31-12-6-3-7-13-31)46-29-27-32-14-8-4-9-15-32/h5,10-11,16-25,30-32H,3-4,6-9,12-15,26-29H2,1-2H3/p+1. The lowest BCUT2D eigenvalue weighted by Gasteiger charge is -2.33. The molecule has 0 aliphatic heterocycles. The first kappa shape index (κ1) is 37.7. The minimum Gasteiger partial charge on any atom is -0.483 e. The molecule has 6 nitrogen and oxygen atoms in total. The molecule has 5 rings (SSSR count). The molecule has 10 heteroatoms. The van der Waals surface area contributed by atoms with Crippen LogP contribution in [-0.2, 0) is 36.3 Å². The molecule has 0 heterocycles. The Labute approximate surface area is 294 Å². The number of alkyl halides is 2. The van der Waals surface area contributed by atoms with Gasteiger partial charge in [-0.15, -0.1) is 0 Å². The van der Waals surface area contributed by atoms with Gasteiger partial charge in [0.05, 0.1) is 24.1 Å². The van der Waals surface area contributed by atoms with E-state index >= 15 is 0 Å². The zero-order valence-corrected chi connectivity index (χ0v) is 30.3. The summed E-state index contributed by atoms with van der Waals surface area (Å²) in [5.41, 5.74) is 0.970. The number of ether oxygens (including phenoxy) is 3. The average molecular weight is 718 g/mol. The molecule has 0 aromatic heterocycles. The fraction of sp³-hybridized carbons (Fsp3) is 0.538. The number of halogens is 2. The van der Waals surface area contributed by atoms with Crippen molar-refractivity contribution in [2.75, 3.05) is 13.2 Å². The fourth-order valence-electron chi connectivity index (χ4n) is 7.00. The highest BCUT2D eigenvalue weighted by atomic mass is 32.2. The van der Waals surface area contributed by atoms with Gasteiger partial charge in [-0.05, 0) is 99.2 Å². The normalized spacial score (nSPS) is 18.2. The second kappa shape index (κ2) is 17.1. The van der Waals surface area contributed by atoms with Crippen molar-refractivity contribution in [1.82, 2.24) is 0 Å². The van der Waals surface area contributed by atoms with Gasteiger partial charge in [-0.25, -0.2) is 0 Å². The Morgan fingerprint density at radius 3 is 1.65 bits per heavy atom. The van der Waals surface area contributed by atoms with Crippen LogP contribution in [-0.4, -0.2) is 37.5 Å². The third-order valence-corrected chi connectivity index (χ3v) is 13.3. The van der Waals surface area contributed by atoms with Gasteiger partial charge in [-0.1, -0.05) is 82.4 Å². The van der Waals surface area contributed by atoms with E-state index in [1.807, 2.05) is 25.1 Å². The maximum atomic E-state index is 14.1. The zero-order chi connectivity index (χ0) is 34.9. The van der Waals surface area contributed by atoms with Gasteiger partial charge >= 0.3 is 15.4 Å². The van der Waals surface area contributed by atoms with Crippen molar-refractivity contribution in [2.24, 2.45) is 11.8 Å². The number of rotatable bonds is 16. The molecule has 268 valence electrons. The largest absolute Gasteiger partial charge is 0.483 e. The first-order chi connectivity index (χ1) is 23.5. The van der Waals surface area contributed by atoms with E-state index < -0.39 is 38.2 Å². The Hall–Kier alpha value is -2.50. The lowest BCUT2D eigenvalue weighted by molar-refractivity contribution is -0.238. The summed E-state index contributed by atoms with van der Waals surface area (Å²) in [5, 5.41) is -4.45. The average Bonchev–Trinajstić information content (AvgIpc) is 3.10. The van der Waals surface area contributed by atoms with Crippen LogP contribution in [0.25, 0.3) is 0 Å². The molecular formula is C39H51F2O6S2+. The van der Waals surface area contributed by atoms with Crippen LogP contribution in [0.4, 0.5) is 8.78 Å². The summed E-state index contributed by atoms with van der Waals surface area (Å²) in [6, 6.07) is 25.1. The molecule has 3 aromatic carbocycles. The Morgan fingerprint density at radius 1 is 0.735 bits per heavy atom. The quantitative estimate of drug-likeness (QED) is 0.0903. The van der Waals surface area contributed by atoms with Crippen LogP contribution in [0.1, 0.15) is 96.5 Å². The van der Waals surface area contributed by atoms with Crippen molar-refractivity contribution in [2.45, 2.75) is 123 Å². The summed E-state index contributed by atoms with van der Waals surface area (Å²) < 4.78 is 78.0. The summed E-state index contributed by atoms with van der Waals surface area (Å²) in [7, 11) is -6.17. The molecule has 2 fully saturated rings. The molecule has 2 atom stereocenters. The SMILES string of the molecule is CC(Oc1ccc([S+](c2ccccc2)c2ccc(C(C)(OCCC3CCCCC3)OCCC3CCCCC3)cc2)cc1)C(F)(F)S(=O)(=O)O. The minimum atomic E-state index is -5.63. The summed E-state index contributed by atoms with van der Waals surface area (Å²) in [6.45, 7) is 4.27. The molecule has 0 spiro atoms. The molecule has 2 saturated carbocycles. The summed E-state index contributed by atoms with van der Waals surface area (Å²) >= 11 is 0. The highest BCUT2D eigenvalue weighted by Crippen LogP contribution is 2.37. The molecule has 2 aliphatic carbocycles. The molecule has 0 saturated heterocycles. The molecule has 2 aliphatic rings. The summed E-state index contributed by atoms with van der Waals surface area (Å²) in [4.78, 5) is 3.06. The predicted octanol–water partition coefficient (Wildman–Crippen LogP) is 10.2. The number of hydrogen-bond donors (Lipinski definition) is 1. The molecule has 0 amide bonds. The number of benzene rings is 3. The Morgan fingerprint density at radius 2 is 1.18 bits per heavy atom. The second-order valence-corrected chi connectivity index (χ2v) is 17.2. The third-order valence-electron chi connectivity index (χ3n) is 10.0. The van der Waals surface area contributed by atoms with Gasteiger partial charge in [0.25, 0.3) is 0 Å². The van der Waals surface area contributed by atoms with Crippen molar-refractivity contribution in [3.05, 3.63) is 84.4 Å². The Bertz CT molecular complexity index is 1510. The van der Waals surface area contributed by atoms with E-state index in [4.69, 9.17) is 18.8 Å². The van der Waals surface area contributed by atoms with E-state index in [9.17, 15) is 17.2 Å². The smallest absolute Gasteiger partial charge is 0.405 e. The van der Waals surface area contributed by atoms with E-state index in [0.717, 1.165) is 51.9 Å². The highest BCUT2D eigenvalue weighted by Gasteiger charge is 2.51. The van der Waals surface area contributed by atoms with Gasteiger partial charge in [0.2, 0.25) is 0 Å². The second-order valence-electron chi connectivity index (χ2n) is 13.6. The maximum Gasteiger partial charge on any atom is 0.405 e. The van der Waals surface area contributed by atoms with E-state index in [1.165, 1.54) is 64.2 Å². The lowest BCUT2D eigenvalue weighted by atomic mass is 9.87. The van der Waals surface area contributed by atoms with Gasteiger partial charge < -0.3 is 14.2 Å². The Balaban J connectivity index is 1.35. The predicted molar refractivity (Wildman–Crippen MR) is 190 cm³/mol. The fourth-order valence-corrected chi connectivity index (χ4v) is 9.53. The van der Waals surface area contributed by atoms with E-state index in [1.54, 1.807) is 24.3 Å². The van der Waals surface area contributed by atoms with Gasteiger partial charge in [0.1, 0.15) is 5.75 Å². The van der Waals surface area contributed by atoms with Gasteiger partial charge in [0, 0.05) is 5.56 Å². The molecular weight excluding hydrogens is 667 g/mol. The van der Waals surface area contributed by atoms with Crippen LogP contribution < -0.4 is 4.74 Å². The molecule has 2 unspecified atom stereocenters. The Kier molecular flexibility index (Phi) is 13.2. The monoisotopic (exact) mass is 717 g/mol. The van der Waals surface area contributed by atoms with E-state index in [0.29, 0.717) is 13.2 Å². The summed E-state index contributed by atoms with van der Waals surface area (Å²) in [6.07, 6.45) is 13.0. The molecule has 1 N–H and O–H groups in total. The van der Waals surface area contributed by atoms with Gasteiger partial charge in [-0.2, -0.15) is 17.2 Å². The first-order valence-electron chi connectivity index (χ1n) is 17.8. The molecule has 49 heavy (non-hydrogen) atoms. The highest BCUT2D eigenvalue weighted by molar-refractivity contribution is 7.97. The van der Waals surface area contributed by atoms with Crippen LogP contribution in [0.3, 0.4) is 0 Å².